The lowest BCUT2D eigenvalue weighted by Crippen LogP contribution is -1.95. The van der Waals surface area contributed by atoms with E-state index in [9.17, 15) is 0 Å². The fraction of sp³-hybridized carbons (Fsp3) is 0.0952. The molecule has 0 amide bonds. The number of pyridine rings is 1. The average Bonchev–Trinajstić information content (AvgIpc) is 3.08. The first-order chi connectivity index (χ1) is 11.2. The van der Waals surface area contributed by atoms with Gasteiger partial charge < -0.3 is 4.57 Å². The number of aryl methyl sites for hydroxylation is 2. The number of hydrogen-bond donors (Lipinski definition) is 0. The highest BCUT2D eigenvalue weighted by Crippen LogP contribution is 2.25. The Morgan fingerprint density at radius 1 is 0.826 bits per heavy atom. The molecule has 0 saturated carbocycles. The quantitative estimate of drug-likeness (QED) is 0.490. The maximum absolute atomic E-state index is 4.86. The standard InChI is InChI=1S/C21H18N2/c1-15-6-5-7-17(12-15)19-9-8-18-14-21(23-10-3-4-11-23)16(2)13-20(18)22-19/h3-14H,1-2H3. The molecular weight excluding hydrogens is 280 g/mol. The van der Waals surface area contributed by atoms with Crippen LogP contribution in [-0.2, 0) is 0 Å². The molecule has 2 aromatic carbocycles. The summed E-state index contributed by atoms with van der Waals surface area (Å²) in [6, 6.07) is 21.2. The molecule has 4 rings (SSSR count). The predicted molar refractivity (Wildman–Crippen MR) is 96.0 cm³/mol. The van der Waals surface area contributed by atoms with Crippen LogP contribution >= 0.6 is 0 Å². The summed E-state index contributed by atoms with van der Waals surface area (Å²) in [5, 5.41) is 1.16. The van der Waals surface area contributed by atoms with Crippen molar-refractivity contribution in [3.63, 3.8) is 0 Å². The second-order valence-corrected chi connectivity index (χ2v) is 5.99. The van der Waals surface area contributed by atoms with Gasteiger partial charge in [0.1, 0.15) is 0 Å². The topological polar surface area (TPSA) is 17.8 Å². The summed E-state index contributed by atoms with van der Waals surface area (Å²) in [6.45, 7) is 4.24. The lowest BCUT2D eigenvalue weighted by Gasteiger charge is -2.10. The molecule has 2 aromatic heterocycles. The van der Waals surface area contributed by atoms with Gasteiger partial charge in [0.15, 0.2) is 0 Å². The van der Waals surface area contributed by atoms with Gasteiger partial charge in [-0.05, 0) is 55.8 Å². The molecule has 0 aliphatic carbocycles. The number of benzene rings is 2. The third kappa shape index (κ3) is 2.53. The minimum atomic E-state index is 1.02. The zero-order valence-electron chi connectivity index (χ0n) is 13.3. The Hall–Kier alpha value is -2.87. The van der Waals surface area contributed by atoms with Gasteiger partial charge in [-0.1, -0.05) is 29.8 Å². The summed E-state index contributed by atoms with van der Waals surface area (Å²) in [6.07, 6.45) is 4.14. The van der Waals surface area contributed by atoms with Gasteiger partial charge in [0.25, 0.3) is 0 Å². The zero-order chi connectivity index (χ0) is 15.8. The van der Waals surface area contributed by atoms with Gasteiger partial charge >= 0.3 is 0 Å². The van der Waals surface area contributed by atoms with Crippen molar-refractivity contribution in [3.05, 3.63) is 84.2 Å². The van der Waals surface area contributed by atoms with E-state index in [0.29, 0.717) is 0 Å². The second kappa shape index (κ2) is 5.40. The number of aromatic nitrogens is 2. The van der Waals surface area contributed by atoms with Gasteiger partial charge in [0.2, 0.25) is 0 Å². The van der Waals surface area contributed by atoms with Crippen LogP contribution in [0, 0.1) is 13.8 Å². The van der Waals surface area contributed by atoms with Crippen molar-refractivity contribution in [1.82, 2.24) is 9.55 Å². The molecule has 0 spiro atoms. The fourth-order valence-corrected chi connectivity index (χ4v) is 3.00. The number of hydrogen-bond acceptors (Lipinski definition) is 1. The van der Waals surface area contributed by atoms with Gasteiger partial charge in [0.05, 0.1) is 11.2 Å². The van der Waals surface area contributed by atoms with Crippen LogP contribution in [0.1, 0.15) is 11.1 Å². The van der Waals surface area contributed by atoms with Crippen molar-refractivity contribution in [2.45, 2.75) is 13.8 Å². The molecule has 112 valence electrons. The van der Waals surface area contributed by atoms with Gasteiger partial charge in [-0.2, -0.15) is 0 Å². The summed E-state index contributed by atoms with van der Waals surface area (Å²) in [4.78, 5) is 4.86. The molecule has 0 unspecified atom stereocenters. The molecule has 23 heavy (non-hydrogen) atoms. The Bertz CT molecular complexity index is 982. The minimum Gasteiger partial charge on any atom is -0.324 e. The summed E-state index contributed by atoms with van der Waals surface area (Å²) < 4.78 is 2.14. The van der Waals surface area contributed by atoms with E-state index < -0.39 is 0 Å². The van der Waals surface area contributed by atoms with Crippen molar-refractivity contribution in [2.75, 3.05) is 0 Å². The first-order valence-electron chi connectivity index (χ1n) is 7.82. The highest BCUT2D eigenvalue weighted by Gasteiger charge is 2.06. The Balaban J connectivity index is 1.86. The Kier molecular flexibility index (Phi) is 3.23. The van der Waals surface area contributed by atoms with Crippen molar-refractivity contribution in [1.29, 1.82) is 0 Å². The first kappa shape index (κ1) is 13.8. The van der Waals surface area contributed by atoms with Crippen molar-refractivity contribution >= 4 is 10.9 Å². The predicted octanol–water partition coefficient (Wildman–Crippen LogP) is 5.31. The summed E-state index contributed by atoms with van der Waals surface area (Å²) in [5.41, 5.74) is 6.91. The van der Waals surface area contributed by atoms with E-state index >= 15 is 0 Å². The fourth-order valence-electron chi connectivity index (χ4n) is 3.00. The summed E-state index contributed by atoms with van der Waals surface area (Å²) in [5.74, 6) is 0. The normalized spacial score (nSPS) is 11.0. The maximum Gasteiger partial charge on any atom is 0.0713 e. The maximum atomic E-state index is 4.86. The highest BCUT2D eigenvalue weighted by molar-refractivity contribution is 5.84. The molecular formula is C21H18N2. The van der Waals surface area contributed by atoms with Gasteiger partial charge in [0, 0.05) is 29.0 Å². The number of nitrogens with zero attached hydrogens (tertiary/aromatic N) is 2. The molecule has 2 heterocycles. The summed E-state index contributed by atoms with van der Waals surface area (Å²) >= 11 is 0. The third-order valence-electron chi connectivity index (χ3n) is 4.20. The van der Waals surface area contributed by atoms with E-state index in [4.69, 9.17) is 4.98 Å². The van der Waals surface area contributed by atoms with E-state index in [1.165, 1.54) is 22.4 Å². The van der Waals surface area contributed by atoms with Gasteiger partial charge in [-0.3, -0.25) is 0 Å². The lowest BCUT2D eigenvalue weighted by molar-refractivity contribution is 1.06. The molecule has 0 aliphatic rings. The monoisotopic (exact) mass is 298 g/mol. The Labute approximate surface area is 136 Å². The molecule has 0 fully saturated rings. The third-order valence-corrected chi connectivity index (χ3v) is 4.20. The molecule has 0 aliphatic heterocycles. The smallest absolute Gasteiger partial charge is 0.0713 e. The zero-order valence-corrected chi connectivity index (χ0v) is 13.3. The van der Waals surface area contributed by atoms with Crippen LogP contribution in [0.4, 0.5) is 0 Å². The van der Waals surface area contributed by atoms with E-state index in [1.54, 1.807) is 0 Å². The van der Waals surface area contributed by atoms with Crippen LogP contribution in [0.15, 0.2) is 73.1 Å². The Morgan fingerprint density at radius 3 is 2.43 bits per heavy atom. The van der Waals surface area contributed by atoms with Crippen LogP contribution in [0.5, 0.6) is 0 Å². The average molecular weight is 298 g/mol. The van der Waals surface area contributed by atoms with Crippen LogP contribution in [-0.4, -0.2) is 9.55 Å². The number of rotatable bonds is 2. The molecule has 0 N–H and O–H groups in total. The van der Waals surface area contributed by atoms with Crippen molar-refractivity contribution in [3.8, 4) is 16.9 Å². The van der Waals surface area contributed by atoms with Gasteiger partial charge in [-0.15, -0.1) is 0 Å². The first-order valence-corrected chi connectivity index (χ1v) is 7.82. The van der Waals surface area contributed by atoms with Crippen LogP contribution in [0.25, 0.3) is 27.8 Å². The molecule has 0 saturated heterocycles. The second-order valence-electron chi connectivity index (χ2n) is 5.99. The van der Waals surface area contributed by atoms with Crippen LogP contribution in [0.2, 0.25) is 0 Å². The van der Waals surface area contributed by atoms with E-state index in [2.05, 4.69) is 79.3 Å². The minimum absolute atomic E-state index is 1.02. The largest absolute Gasteiger partial charge is 0.324 e. The van der Waals surface area contributed by atoms with Crippen molar-refractivity contribution in [2.24, 2.45) is 0 Å². The van der Waals surface area contributed by atoms with Crippen molar-refractivity contribution < 1.29 is 0 Å². The van der Waals surface area contributed by atoms with E-state index in [1.807, 2.05) is 12.1 Å². The van der Waals surface area contributed by atoms with Crippen LogP contribution < -0.4 is 0 Å². The molecule has 0 atom stereocenters. The van der Waals surface area contributed by atoms with Crippen LogP contribution in [0.3, 0.4) is 0 Å². The number of fused-ring (bicyclic) bond motifs is 1. The molecule has 2 heteroatoms. The Morgan fingerprint density at radius 2 is 1.65 bits per heavy atom. The molecule has 2 nitrogen and oxygen atoms in total. The lowest BCUT2D eigenvalue weighted by atomic mass is 10.1. The van der Waals surface area contributed by atoms with E-state index in [0.717, 1.165) is 16.6 Å². The molecule has 0 bridgehead atoms. The SMILES string of the molecule is Cc1cccc(-c2ccc3cc(-n4cccc4)c(C)cc3n2)c1. The van der Waals surface area contributed by atoms with E-state index in [-0.39, 0.29) is 0 Å². The molecule has 4 aromatic rings. The highest BCUT2D eigenvalue weighted by atomic mass is 14.9. The summed E-state index contributed by atoms with van der Waals surface area (Å²) in [7, 11) is 0. The molecule has 0 radical (unpaired) electrons. The van der Waals surface area contributed by atoms with Gasteiger partial charge in [-0.25, -0.2) is 4.98 Å².